The average Bonchev–Trinajstić information content (AvgIpc) is 3.65. The molecule has 2 aromatic carbocycles. The Balaban J connectivity index is 1.18. The molecule has 1 aliphatic carbocycles. The first kappa shape index (κ1) is 39.3. The highest BCUT2D eigenvalue weighted by molar-refractivity contribution is 7.90. The van der Waals surface area contributed by atoms with Gasteiger partial charge in [0.15, 0.2) is 6.61 Å². The van der Waals surface area contributed by atoms with E-state index in [4.69, 9.17) is 21.1 Å². The molecule has 0 bridgehead atoms. The van der Waals surface area contributed by atoms with Crippen molar-refractivity contribution >= 4 is 57.1 Å². The minimum absolute atomic E-state index is 0.0343. The predicted octanol–water partition coefficient (Wildman–Crippen LogP) is 4.89. The standard InChI is InChI=1S/C33H38ClF3N8O7S/c1-31(2,3)52-30(48)45-17-4-5-24(45)26(47)38-16-18-53(49,50)44-25(46)20-6-12-23(13-7-20)39-27-40-28(42-29(41-27)51-19-33(35,36)37)43-32(14-15-32)21-8-10-22(34)11-9-21/h6-13,24H,4-5,14-19H2,1-3H3,(H,38,47)(H,44,46)(H2,39,40,41,42,43)/t24-/m0/s1. The van der Waals surface area contributed by atoms with E-state index in [9.17, 15) is 36.0 Å². The molecular weight excluding hydrogens is 745 g/mol. The van der Waals surface area contributed by atoms with Crippen LogP contribution in [0.2, 0.25) is 5.02 Å². The second kappa shape index (κ2) is 15.6. The lowest BCUT2D eigenvalue weighted by atomic mass is 10.1. The lowest BCUT2D eigenvalue weighted by molar-refractivity contribution is -0.154. The fraction of sp³-hybridized carbons (Fsp3) is 0.455. The van der Waals surface area contributed by atoms with E-state index in [2.05, 4.69) is 30.9 Å². The van der Waals surface area contributed by atoms with Gasteiger partial charge >= 0.3 is 18.3 Å². The number of hydrogen-bond donors (Lipinski definition) is 4. The Labute approximate surface area is 308 Å². The van der Waals surface area contributed by atoms with E-state index in [0.29, 0.717) is 42.9 Å². The molecule has 1 saturated carbocycles. The molecule has 0 spiro atoms. The van der Waals surface area contributed by atoms with Gasteiger partial charge in [-0.05, 0) is 88.4 Å². The van der Waals surface area contributed by atoms with Crippen molar-refractivity contribution in [3.05, 3.63) is 64.7 Å². The Morgan fingerprint density at radius 3 is 2.26 bits per heavy atom. The molecule has 1 aromatic heterocycles. The van der Waals surface area contributed by atoms with E-state index < -0.39 is 69.7 Å². The van der Waals surface area contributed by atoms with E-state index in [1.54, 1.807) is 32.9 Å². The molecule has 4 N–H and O–H groups in total. The van der Waals surface area contributed by atoms with Gasteiger partial charge in [0.1, 0.15) is 11.6 Å². The highest BCUT2D eigenvalue weighted by Gasteiger charge is 2.45. The summed E-state index contributed by atoms with van der Waals surface area (Å²) in [6.07, 6.45) is -2.91. The number of likely N-dealkylation sites (tertiary alicyclic amines) is 1. The van der Waals surface area contributed by atoms with E-state index in [1.165, 1.54) is 29.2 Å². The van der Waals surface area contributed by atoms with Crippen LogP contribution < -0.4 is 25.4 Å². The van der Waals surface area contributed by atoms with Crippen molar-refractivity contribution in [2.75, 3.05) is 36.1 Å². The van der Waals surface area contributed by atoms with E-state index >= 15 is 0 Å². The van der Waals surface area contributed by atoms with Crippen LogP contribution in [0.4, 0.5) is 35.5 Å². The maximum Gasteiger partial charge on any atom is 0.422 e. The molecule has 2 heterocycles. The molecule has 2 fully saturated rings. The zero-order valence-corrected chi connectivity index (χ0v) is 30.5. The van der Waals surface area contributed by atoms with E-state index in [-0.39, 0.29) is 24.0 Å². The number of sulfonamides is 1. The largest absolute Gasteiger partial charge is 0.454 e. The number of anilines is 3. The van der Waals surface area contributed by atoms with Crippen molar-refractivity contribution in [1.29, 1.82) is 0 Å². The van der Waals surface area contributed by atoms with Crippen molar-refractivity contribution in [3.8, 4) is 6.01 Å². The topological polar surface area (TPSA) is 194 Å². The first-order valence-electron chi connectivity index (χ1n) is 16.5. The highest BCUT2D eigenvalue weighted by atomic mass is 35.5. The molecule has 1 atom stereocenters. The Bertz CT molecular complexity index is 1920. The Morgan fingerprint density at radius 1 is 0.981 bits per heavy atom. The van der Waals surface area contributed by atoms with Crippen LogP contribution in [0.3, 0.4) is 0 Å². The summed E-state index contributed by atoms with van der Waals surface area (Å²) in [5.41, 5.74) is -0.166. The highest BCUT2D eigenvalue weighted by Crippen LogP contribution is 2.48. The number of nitrogens with one attached hydrogen (secondary N) is 4. The van der Waals surface area contributed by atoms with Crippen LogP contribution in [0.1, 0.15) is 62.4 Å². The summed E-state index contributed by atoms with van der Waals surface area (Å²) in [6, 6.07) is 11.1. The van der Waals surface area contributed by atoms with Gasteiger partial charge in [-0.25, -0.2) is 17.9 Å². The average molecular weight is 783 g/mol. The van der Waals surface area contributed by atoms with Crippen molar-refractivity contribution in [2.24, 2.45) is 0 Å². The van der Waals surface area contributed by atoms with Gasteiger partial charge in [0.25, 0.3) is 5.91 Å². The maximum absolute atomic E-state index is 12.9. The number of carbonyl (C=O) groups is 3. The Hall–Kier alpha value is -4.91. The van der Waals surface area contributed by atoms with Gasteiger partial charge in [0.05, 0.1) is 11.3 Å². The predicted molar refractivity (Wildman–Crippen MR) is 187 cm³/mol. The first-order chi connectivity index (χ1) is 24.8. The number of aromatic nitrogens is 3. The number of benzene rings is 2. The number of rotatable bonds is 13. The van der Waals surface area contributed by atoms with E-state index in [0.717, 1.165) is 5.56 Å². The molecule has 0 unspecified atom stereocenters. The van der Waals surface area contributed by atoms with Crippen LogP contribution in [0.15, 0.2) is 48.5 Å². The molecule has 53 heavy (non-hydrogen) atoms. The van der Waals surface area contributed by atoms with Gasteiger partial charge in [-0.15, -0.1) is 0 Å². The zero-order chi connectivity index (χ0) is 38.6. The number of amides is 3. The second-order valence-corrected chi connectivity index (χ2v) is 15.7. The third kappa shape index (κ3) is 11.3. The normalized spacial score (nSPS) is 16.7. The van der Waals surface area contributed by atoms with Gasteiger partial charge in [-0.1, -0.05) is 23.7 Å². The number of hydrogen-bond acceptors (Lipinski definition) is 12. The molecule has 3 amide bonds. The molecule has 0 radical (unpaired) electrons. The smallest absolute Gasteiger partial charge is 0.422 e. The molecule has 5 rings (SSSR count). The lowest BCUT2D eigenvalue weighted by Gasteiger charge is -2.28. The summed E-state index contributed by atoms with van der Waals surface area (Å²) in [7, 11) is -4.19. The van der Waals surface area contributed by atoms with Gasteiger partial charge in [0, 0.05) is 29.4 Å². The summed E-state index contributed by atoms with van der Waals surface area (Å²) in [5, 5.41) is 9.04. The fourth-order valence-corrected chi connectivity index (χ4v) is 6.36. The molecule has 20 heteroatoms. The Morgan fingerprint density at radius 2 is 1.64 bits per heavy atom. The van der Waals surface area contributed by atoms with E-state index in [1.807, 2.05) is 16.9 Å². The number of halogens is 4. The van der Waals surface area contributed by atoms with Crippen LogP contribution in [0, 0.1) is 0 Å². The molecular formula is C33H38ClF3N8O7S. The van der Waals surface area contributed by atoms with Gasteiger partial charge in [0.2, 0.25) is 27.8 Å². The van der Waals surface area contributed by atoms with Crippen LogP contribution in [-0.2, 0) is 25.1 Å². The van der Waals surface area contributed by atoms with Gasteiger partial charge < -0.3 is 25.4 Å². The minimum Gasteiger partial charge on any atom is -0.454 e. The summed E-state index contributed by atoms with van der Waals surface area (Å²) in [5.74, 6) is -2.31. The first-order valence-corrected chi connectivity index (χ1v) is 18.5. The molecule has 3 aromatic rings. The van der Waals surface area contributed by atoms with Crippen molar-refractivity contribution in [3.63, 3.8) is 0 Å². The van der Waals surface area contributed by atoms with Crippen molar-refractivity contribution < 1.29 is 45.4 Å². The molecule has 286 valence electrons. The third-order valence-electron chi connectivity index (χ3n) is 7.98. The number of alkyl halides is 3. The SMILES string of the molecule is CC(C)(C)OC(=O)N1CCC[C@H]1C(=O)NCCS(=O)(=O)NC(=O)c1ccc(Nc2nc(NC3(c4ccc(Cl)cc4)CC3)nc(OCC(F)(F)F)n2)cc1. The fourth-order valence-electron chi connectivity index (χ4n) is 5.36. The molecule has 1 aliphatic heterocycles. The second-order valence-electron chi connectivity index (χ2n) is 13.5. The summed E-state index contributed by atoms with van der Waals surface area (Å²) >= 11 is 6.01. The van der Waals surface area contributed by atoms with Gasteiger partial charge in [-0.2, -0.15) is 28.1 Å². The summed E-state index contributed by atoms with van der Waals surface area (Å²) in [6.45, 7) is 3.49. The van der Waals surface area contributed by atoms with Crippen LogP contribution in [0.5, 0.6) is 6.01 Å². The number of carbonyl (C=O) groups excluding carboxylic acids is 3. The summed E-state index contributed by atoms with van der Waals surface area (Å²) < 4.78 is 76.1. The molecule has 2 aliphatic rings. The van der Waals surface area contributed by atoms with Gasteiger partial charge in [-0.3, -0.25) is 14.5 Å². The molecule has 1 saturated heterocycles. The quantitative estimate of drug-likeness (QED) is 0.184. The lowest BCUT2D eigenvalue weighted by Crippen LogP contribution is -2.48. The van der Waals surface area contributed by atoms with Crippen LogP contribution in [-0.4, -0.2) is 89.4 Å². The summed E-state index contributed by atoms with van der Waals surface area (Å²) in [4.78, 5) is 51.5. The van der Waals surface area contributed by atoms with Crippen LogP contribution in [0.25, 0.3) is 0 Å². The monoisotopic (exact) mass is 782 g/mol. The zero-order valence-electron chi connectivity index (χ0n) is 28.9. The Kier molecular flexibility index (Phi) is 11.6. The van der Waals surface area contributed by atoms with Crippen molar-refractivity contribution in [1.82, 2.24) is 29.9 Å². The van der Waals surface area contributed by atoms with Crippen molar-refractivity contribution in [2.45, 2.75) is 69.8 Å². The minimum atomic E-state index is -4.65. The number of ether oxygens (including phenoxy) is 2. The molecule has 15 nitrogen and oxygen atoms in total. The number of nitrogens with zero attached hydrogens (tertiary/aromatic N) is 4. The third-order valence-corrected chi connectivity index (χ3v) is 9.47. The van der Waals surface area contributed by atoms with Crippen LogP contribution >= 0.6 is 11.6 Å². The maximum atomic E-state index is 12.9.